The van der Waals surface area contributed by atoms with Gasteiger partial charge in [0.2, 0.25) is 5.95 Å². The molecule has 8 heteroatoms. The molecule has 1 atom stereocenters. The first-order valence-electron chi connectivity index (χ1n) is 8.99. The summed E-state index contributed by atoms with van der Waals surface area (Å²) in [5, 5.41) is 9.40. The molecule has 4 rings (SSSR count). The lowest BCUT2D eigenvalue weighted by molar-refractivity contribution is 0.491. The minimum absolute atomic E-state index is 0.0535. The number of imidazole rings is 1. The zero-order chi connectivity index (χ0) is 19.0. The summed E-state index contributed by atoms with van der Waals surface area (Å²) in [5.41, 5.74) is 8.16. The number of benzene rings is 1. The molecule has 0 bridgehead atoms. The Morgan fingerprint density at radius 3 is 2.96 bits per heavy atom. The van der Waals surface area contributed by atoms with Crippen molar-refractivity contribution < 1.29 is 0 Å². The molecule has 0 unspecified atom stereocenters. The molecule has 2 N–H and O–H groups in total. The summed E-state index contributed by atoms with van der Waals surface area (Å²) < 4.78 is 3.36. The molecular formula is C19H21N7O. The van der Waals surface area contributed by atoms with Gasteiger partial charge in [0.05, 0.1) is 24.5 Å². The van der Waals surface area contributed by atoms with Crippen LogP contribution >= 0.6 is 0 Å². The summed E-state index contributed by atoms with van der Waals surface area (Å²) >= 11 is 0. The van der Waals surface area contributed by atoms with Gasteiger partial charge in [-0.25, -0.2) is 4.98 Å². The van der Waals surface area contributed by atoms with Gasteiger partial charge in [-0.05, 0) is 24.5 Å². The second-order valence-electron chi connectivity index (χ2n) is 6.95. The van der Waals surface area contributed by atoms with E-state index in [4.69, 9.17) is 10.7 Å². The number of hydrogen-bond donors (Lipinski definition) is 1. The Hall–Kier alpha value is -3.18. The number of aromatic nitrogens is 4. The van der Waals surface area contributed by atoms with Gasteiger partial charge in [0.15, 0.2) is 11.2 Å². The molecule has 0 spiro atoms. The number of rotatable bonds is 3. The molecule has 2 aromatic heterocycles. The van der Waals surface area contributed by atoms with Gasteiger partial charge in [-0.1, -0.05) is 18.2 Å². The van der Waals surface area contributed by atoms with Crippen molar-refractivity contribution in [3.8, 4) is 6.07 Å². The van der Waals surface area contributed by atoms with Crippen LogP contribution in [-0.4, -0.2) is 38.2 Å². The van der Waals surface area contributed by atoms with Crippen molar-refractivity contribution in [3.63, 3.8) is 0 Å². The maximum atomic E-state index is 13.2. The van der Waals surface area contributed by atoms with E-state index in [0.29, 0.717) is 29.2 Å². The highest BCUT2D eigenvalue weighted by Crippen LogP contribution is 2.20. The van der Waals surface area contributed by atoms with E-state index in [0.717, 1.165) is 24.9 Å². The van der Waals surface area contributed by atoms with Crippen molar-refractivity contribution in [2.24, 2.45) is 12.8 Å². The Morgan fingerprint density at radius 2 is 2.19 bits per heavy atom. The molecule has 8 nitrogen and oxygen atoms in total. The van der Waals surface area contributed by atoms with Crippen LogP contribution in [0.25, 0.3) is 11.2 Å². The van der Waals surface area contributed by atoms with E-state index in [1.165, 1.54) is 0 Å². The lowest BCUT2D eigenvalue weighted by Crippen LogP contribution is -2.45. The molecule has 0 amide bonds. The molecule has 0 aliphatic carbocycles. The highest BCUT2D eigenvalue weighted by Gasteiger charge is 2.24. The van der Waals surface area contributed by atoms with Crippen LogP contribution in [0.4, 0.5) is 5.95 Å². The molecule has 0 radical (unpaired) electrons. The average molecular weight is 363 g/mol. The molecule has 27 heavy (non-hydrogen) atoms. The van der Waals surface area contributed by atoms with Gasteiger partial charge in [-0.15, -0.1) is 0 Å². The molecule has 1 aliphatic heterocycles. The smallest absolute Gasteiger partial charge is 0.283 e. The number of nitriles is 1. The third kappa shape index (κ3) is 3.06. The van der Waals surface area contributed by atoms with Gasteiger partial charge in [0.25, 0.3) is 5.56 Å². The first-order chi connectivity index (χ1) is 13.1. The summed E-state index contributed by atoms with van der Waals surface area (Å²) in [7, 11) is 1.82. The fourth-order valence-corrected chi connectivity index (χ4v) is 3.59. The Labute approximate surface area is 156 Å². The van der Waals surface area contributed by atoms with E-state index >= 15 is 0 Å². The summed E-state index contributed by atoms with van der Waals surface area (Å²) in [5.74, 6) is 0.582. The van der Waals surface area contributed by atoms with E-state index < -0.39 is 0 Å². The van der Waals surface area contributed by atoms with E-state index in [-0.39, 0.29) is 18.1 Å². The monoisotopic (exact) mass is 363 g/mol. The molecule has 1 aromatic carbocycles. The number of nitrogens with two attached hydrogens (primary N) is 1. The van der Waals surface area contributed by atoms with Gasteiger partial charge in [0, 0.05) is 26.2 Å². The number of piperidine rings is 1. The van der Waals surface area contributed by atoms with Crippen LogP contribution < -0.4 is 16.2 Å². The molecule has 1 saturated heterocycles. The number of nitrogens with zero attached hydrogens (tertiary/aromatic N) is 6. The van der Waals surface area contributed by atoms with Gasteiger partial charge in [-0.3, -0.25) is 9.36 Å². The predicted molar refractivity (Wildman–Crippen MR) is 102 cm³/mol. The Balaban J connectivity index is 1.89. The number of anilines is 1. The third-order valence-electron chi connectivity index (χ3n) is 5.01. The first-order valence-corrected chi connectivity index (χ1v) is 8.99. The molecule has 1 aliphatic rings. The zero-order valence-corrected chi connectivity index (χ0v) is 15.2. The van der Waals surface area contributed by atoms with Crippen molar-refractivity contribution in [1.29, 1.82) is 5.26 Å². The summed E-state index contributed by atoms with van der Waals surface area (Å²) in [6.07, 6.45) is 3.51. The molecule has 3 aromatic rings. The number of fused-ring (bicyclic) bond motifs is 1. The van der Waals surface area contributed by atoms with Crippen molar-refractivity contribution in [3.05, 3.63) is 52.1 Å². The van der Waals surface area contributed by atoms with Crippen molar-refractivity contribution in [2.45, 2.75) is 25.4 Å². The lowest BCUT2D eigenvalue weighted by atomic mass is 10.1. The Morgan fingerprint density at radius 1 is 1.37 bits per heavy atom. The van der Waals surface area contributed by atoms with Gasteiger partial charge in [0.1, 0.15) is 0 Å². The topological polar surface area (TPSA) is 106 Å². The maximum Gasteiger partial charge on any atom is 0.283 e. The Kier molecular flexibility index (Phi) is 4.38. The largest absolute Gasteiger partial charge is 0.341 e. The van der Waals surface area contributed by atoms with Crippen molar-refractivity contribution in [1.82, 2.24) is 19.1 Å². The van der Waals surface area contributed by atoms with E-state index in [2.05, 4.69) is 16.0 Å². The number of aryl methyl sites for hydroxylation is 1. The van der Waals surface area contributed by atoms with Crippen LogP contribution in [-0.2, 0) is 13.6 Å². The van der Waals surface area contributed by atoms with Crippen molar-refractivity contribution >= 4 is 17.1 Å². The van der Waals surface area contributed by atoms with Crippen LogP contribution in [0.5, 0.6) is 0 Å². The standard InChI is InChI=1S/C19H21N7O/c1-24-12-22-16-17(24)23-19(25-8-4-7-15(21)11-25)26(18(16)27)10-14-6-3-2-5-13(14)9-20/h2-3,5-6,12,15H,4,7-8,10-11,21H2,1H3/t15-/m1/s1. The second kappa shape index (κ2) is 6.85. The minimum atomic E-state index is -0.206. The minimum Gasteiger partial charge on any atom is -0.341 e. The zero-order valence-electron chi connectivity index (χ0n) is 15.2. The van der Waals surface area contributed by atoms with Crippen LogP contribution in [0, 0.1) is 11.3 Å². The quantitative estimate of drug-likeness (QED) is 0.743. The molecule has 0 saturated carbocycles. The maximum absolute atomic E-state index is 13.2. The molecular weight excluding hydrogens is 342 g/mol. The summed E-state index contributed by atoms with van der Waals surface area (Å²) in [6.45, 7) is 1.71. The second-order valence-corrected chi connectivity index (χ2v) is 6.95. The normalized spacial score (nSPS) is 17.2. The molecule has 1 fully saturated rings. The van der Waals surface area contributed by atoms with Gasteiger partial charge < -0.3 is 15.2 Å². The number of hydrogen-bond acceptors (Lipinski definition) is 6. The summed E-state index contributed by atoms with van der Waals surface area (Å²) in [4.78, 5) is 24.2. The van der Waals surface area contributed by atoms with Crippen molar-refractivity contribution in [2.75, 3.05) is 18.0 Å². The summed E-state index contributed by atoms with van der Waals surface area (Å²) in [6, 6.07) is 9.54. The fourth-order valence-electron chi connectivity index (χ4n) is 3.59. The van der Waals surface area contributed by atoms with Gasteiger partial charge >= 0.3 is 0 Å². The van der Waals surface area contributed by atoms with Gasteiger partial charge in [-0.2, -0.15) is 10.2 Å². The van der Waals surface area contributed by atoms with E-state index in [9.17, 15) is 10.1 Å². The van der Waals surface area contributed by atoms with Crippen LogP contribution in [0.15, 0.2) is 35.4 Å². The first kappa shape index (κ1) is 17.2. The molecule has 3 heterocycles. The van der Waals surface area contributed by atoms with Crippen LogP contribution in [0.1, 0.15) is 24.0 Å². The highest BCUT2D eigenvalue weighted by atomic mass is 16.1. The third-order valence-corrected chi connectivity index (χ3v) is 5.01. The predicted octanol–water partition coefficient (Wildman–Crippen LogP) is 0.977. The average Bonchev–Trinajstić information content (AvgIpc) is 3.05. The van der Waals surface area contributed by atoms with E-state index in [1.54, 1.807) is 21.5 Å². The van der Waals surface area contributed by atoms with Crippen LogP contribution in [0.3, 0.4) is 0 Å². The van der Waals surface area contributed by atoms with Crippen LogP contribution in [0.2, 0.25) is 0 Å². The van der Waals surface area contributed by atoms with E-state index in [1.807, 2.05) is 25.2 Å². The SMILES string of the molecule is Cn1cnc2c(=O)n(Cc3ccccc3C#N)c(N3CCC[C@@H](N)C3)nc21. The highest BCUT2D eigenvalue weighted by molar-refractivity contribution is 5.71. The lowest BCUT2D eigenvalue weighted by Gasteiger charge is -2.33. The fraction of sp³-hybridized carbons (Fsp3) is 0.368. The Bertz CT molecular complexity index is 1090. The molecule has 138 valence electrons.